The standard InChI is InChI=1S/C19H17FN4O4/c1-10(25)22-8-16-15-9-27-18-14(24(15)19(26)28-16)5-4-13(17(18)20)11-2-3-12(6-21)23-7-11/h2-7,15-16,21H,8-9H2,1H3,(H,22,25)/t15?,16-/m0/s1. The van der Waals surface area contributed by atoms with Crippen molar-refractivity contribution in [2.24, 2.45) is 0 Å². The molecule has 1 aromatic heterocycles. The van der Waals surface area contributed by atoms with Gasteiger partial charge in [-0.3, -0.25) is 14.7 Å². The van der Waals surface area contributed by atoms with Gasteiger partial charge in [-0.1, -0.05) is 6.07 Å². The van der Waals surface area contributed by atoms with E-state index >= 15 is 4.39 Å². The highest BCUT2D eigenvalue weighted by Gasteiger charge is 2.47. The molecule has 2 N–H and O–H groups in total. The van der Waals surface area contributed by atoms with Gasteiger partial charge in [-0.05, 0) is 18.2 Å². The number of cyclic esters (lactones) is 1. The molecule has 0 bridgehead atoms. The highest BCUT2D eigenvalue weighted by molar-refractivity contribution is 5.94. The zero-order valence-electron chi connectivity index (χ0n) is 14.9. The number of ether oxygens (including phenoxy) is 2. The van der Waals surface area contributed by atoms with Gasteiger partial charge in [-0.25, -0.2) is 9.18 Å². The van der Waals surface area contributed by atoms with Crippen LogP contribution in [0.15, 0.2) is 30.5 Å². The fourth-order valence-corrected chi connectivity index (χ4v) is 3.36. The summed E-state index contributed by atoms with van der Waals surface area (Å²) in [5.41, 5.74) is 1.57. The topological polar surface area (TPSA) is 105 Å². The molecule has 0 radical (unpaired) electrons. The van der Waals surface area contributed by atoms with Crippen molar-refractivity contribution in [2.75, 3.05) is 18.1 Å². The van der Waals surface area contributed by atoms with Gasteiger partial charge in [0.05, 0.1) is 17.9 Å². The van der Waals surface area contributed by atoms with Gasteiger partial charge in [0.2, 0.25) is 5.91 Å². The van der Waals surface area contributed by atoms with Crippen LogP contribution >= 0.6 is 0 Å². The summed E-state index contributed by atoms with van der Waals surface area (Å²) < 4.78 is 26.1. The van der Waals surface area contributed by atoms with Crippen LogP contribution in [0.4, 0.5) is 14.9 Å². The second-order valence-corrected chi connectivity index (χ2v) is 6.50. The molecular formula is C19H17FN4O4. The van der Waals surface area contributed by atoms with Gasteiger partial charge in [-0.15, -0.1) is 0 Å². The van der Waals surface area contributed by atoms with Crippen LogP contribution in [0.1, 0.15) is 12.6 Å². The molecule has 28 heavy (non-hydrogen) atoms. The maximum Gasteiger partial charge on any atom is 0.415 e. The molecule has 2 aromatic rings. The zero-order valence-corrected chi connectivity index (χ0v) is 14.9. The molecule has 1 saturated heterocycles. The summed E-state index contributed by atoms with van der Waals surface area (Å²) in [4.78, 5) is 28.9. The molecule has 2 atom stereocenters. The van der Waals surface area contributed by atoms with Gasteiger partial charge in [0.15, 0.2) is 11.6 Å². The van der Waals surface area contributed by atoms with Gasteiger partial charge < -0.3 is 20.2 Å². The zero-order chi connectivity index (χ0) is 19.8. The van der Waals surface area contributed by atoms with Crippen LogP contribution in [-0.4, -0.2) is 48.5 Å². The van der Waals surface area contributed by atoms with Crippen molar-refractivity contribution in [2.45, 2.75) is 19.1 Å². The van der Waals surface area contributed by atoms with Gasteiger partial charge in [0.25, 0.3) is 0 Å². The first-order valence-corrected chi connectivity index (χ1v) is 8.66. The van der Waals surface area contributed by atoms with Gasteiger partial charge in [-0.2, -0.15) is 0 Å². The van der Waals surface area contributed by atoms with E-state index < -0.39 is 24.1 Å². The maximum atomic E-state index is 15.1. The third-order valence-corrected chi connectivity index (χ3v) is 4.74. The predicted molar refractivity (Wildman–Crippen MR) is 98.2 cm³/mol. The Morgan fingerprint density at radius 2 is 2.25 bits per heavy atom. The van der Waals surface area contributed by atoms with E-state index in [0.29, 0.717) is 11.3 Å². The Hall–Kier alpha value is -3.49. The highest BCUT2D eigenvalue weighted by atomic mass is 19.1. The Labute approximate surface area is 159 Å². The molecule has 8 nitrogen and oxygen atoms in total. The van der Waals surface area contributed by atoms with Crippen molar-refractivity contribution in [1.82, 2.24) is 10.3 Å². The first-order chi connectivity index (χ1) is 13.5. The fraction of sp³-hybridized carbons (Fsp3) is 0.263. The summed E-state index contributed by atoms with van der Waals surface area (Å²) in [5, 5.41) is 9.81. The molecule has 0 spiro atoms. The Balaban J connectivity index is 1.66. The van der Waals surface area contributed by atoms with Crippen LogP contribution in [0.5, 0.6) is 5.75 Å². The molecule has 9 heteroatoms. The molecule has 144 valence electrons. The number of carbonyl (C=O) groups is 2. The van der Waals surface area contributed by atoms with E-state index in [0.717, 1.165) is 6.21 Å². The molecule has 3 heterocycles. The minimum absolute atomic E-state index is 0.0259. The van der Waals surface area contributed by atoms with Crippen molar-refractivity contribution in [3.05, 3.63) is 42.0 Å². The predicted octanol–water partition coefficient (Wildman–Crippen LogP) is 2.11. The quantitative estimate of drug-likeness (QED) is 0.786. The van der Waals surface area contributed by atoms with E-state index in [1.807, 2.05) is 0 Å². The molecular weight excluding hydrogens is 367 g/mol. The number of nitrogens with zero attached hydrogens (tertiary/aromatic N) is 2. The highest BCUT2D eigenvalue weighted by Crippen LogP contribution is 2.43. The number of halogens is 1. The van der Waals surface area contributed by atoms with Crippen molar-refractivity contribution in [3.8, 4) is 16.9 Å². The number of nitrogens with one attached hydrogen (secondary N) is 2. The number of carbonyl (C=O) groups excluding carboxylic acids is 2. The van der Waals surface area contributed by atoms with Crippen LogP contribution in [0.25, 0.3) is 11.1 Å². The van der Waals surface area contributed by atoms with E-state index in [-0.39, 0.29) is 36.1 Å². The third-order valence-electron chi connectivity index (χ3n) is 4.74. The van der Waals surface area contributed by atoms with Crippen molar-refractivity contribution in [3.63, 3.8) is 0 Å². The molecule has 2 aliphatic rings. The summed E-state index contributed by atoms with van der Waals surface area (Å²) in [6.45, 7) is 1.59. The number of amides is 2. The molecule has 2 amide bonds. The lowest BCUT2D eigenvalue weighted by molar-refractivity contribution is -0.119. The minimum Gasteiger partial charge on any atom is -0.486 e. The number of rotatable bonds is 4. The molecule has 0 saturated carbocycles. The van der Waals surface area contributed by atoms with E-state index in [4.69, 9.17) is 14.9 Å². The molecule has 0 aliphatic carbocycles. The lowest BCUT2D eigenvalue weighted by Gasteiger charge is -2.31. The molecule has 4 rings (SSSR count). The lowest BCUT2D eigenvalue weighted by atomic mass is 10.0. The minimum atomic E-state index is -0.603. The number of pyridine rings is 1. The Morgan fingerprint density at radius 3 is 2.93 bits per heavy atom. The summed E-state index contributed by atoms with van der Waals surface area (Å²) in [7, 11) is 0. The average Bonchev–Trinajstić information content (AvgIpc) is 3.03. The first kappa shape index (κ1) is 17.9. The van der Waals surface area contributed by atoms with Gasteiger partial charge in [0.1, 0.15) is 18.8 Å². The summed E-state index contributed by atoms with van der Waals surface area (Å²) in [5.74, 6) is -0.856. The van der Waals surface area contributed by atoms with E-state index in [1.165, 1.54) is 18.0 Å². The summed E-state index contributed by atoms with van der Waals surface area (Å²) in [6, 6.07) is 5.98. The van der Waals surface area contributed by atoms with E-state index in [2.05, 4.69) is 10.3 Å². The van der Waals surface area contributed by atoms with Crippen molar-refractivity contribution in [1.29, 1.82) is 5.41 Å². The number of hydrogen-bond acceptors (Lipinski definition) is 6. The molecule has 1 aromatic carbocycles. The SMILES string of the molecule is CC(=O)NC[C@@H]1OC(=O)N2c3ccc(-c4ccc(C=N)nc4)c(F)c3OCC12. The first-order valence-electron chi connectivity index (χ1n) is 8.66. The lowest BCUT2D eigenvalue weighted by Crippen LogP contribution is -2.47. The Kier molecular flexibility index (Phi) is 4.42. The second kappa shape index (κ2) is 6.91. The smallest absolute Gasteiger partial charge is 0.415 e. The number of aromatic nitrogens is 1. The second-order valence-electron chi connectivity index (χ2n) is 6.50. The molecule has 1 unspecified atom stereocenters. The summed E-state index contributed by atoms with van der Waals surface area (Å²) in [6.07, 6.45) is 1.40. The molecule has 1 fully saturated rings. The number of anilines is 1. The van der Waals surface area contributed by atoms with Crippen molar-refractivity contribution < 1.29 is 23.5 Å². The van der Waals surface area contributed by atoms with Crippen LogP contribution in [0.2, 0.25) is 0 Å². The van der Waals surface area contributed by atoms with Crippen LogP contribution in [-0.2, 0) is 9.53 Å². The Bertz CT molecular complexity index is 963. The number of fused-ring (bicyclic) bond motifs is 3. The Morgan fingerprint density at radius 1 is 1.43 bits per heavy atom. The van der Waals surface area contributed by atoms with Crippen LogP contribution < -0.4 is 15.0 Å². The molecule has 2 aliphatic heterocycles. The van der Waals surface area contributed by atoms with E-state index in [9.17, 15) is 9.59 Å². The fourth-order valence-electron chi connectivity index (χ4n) is 3.36. The van der Waals surface area contributed by atoms with Crippen molar-refractivity contribution >= 4 is 23.9 Å². The number of benzene rings is 1. The monoisotopic (exact) mass is 384 g/mol. The third kappa shape index (κ3) is 2.94. The van der Waals surface area contributed by atoms with Gasteiger partial charge in [0, 0.05) is 30.5 Å². The van der Waals surface area contributed by atoms with Gasteiger partial charge >= 0.3 is 6.09 Å². The maximum absolute atomic E-state index is 15.1. The average molecular weight is 384 g/mol. The summed E-state index contributed by atoms with van der Waals surface area (Å²) >= 11 is 0. The van der Waals surface area contributed by atoms with Crippen LogP contribution in [0.3, 0.4) is 0 Å². The van der Waals surface area contributed by atoms with E-state index in [1.54, 1.807) is 24.3 Å². The van der Waals surface area contributed by atoms with Crippen LogP contribution in [0, 0.1) is 11.2 Å². The largest absolute Gasteiger partial charge is 0.486 e. The normalized spacial score (nSPS) is 19.9. The number of hydrogen-bond donors (Lipinski definition) is 2.